The second-order valence-corrected chi connectivity index (χ2v) is 4.94. The largest absolute Gasteiger partial charge is 0.454 e. The van der Waals surface area contributed by atoms with Crippen molar-refractivity contribution in [2.75, 3.05) is 6.79 Å². The van der Waals surface area contributed by atoms with Crippen molar-refractivity contribution in [2.45, 2.75) is 31.8 Å². The molecule has 1 aliphatic heterocycles. The van der Waals surface area contributed by atoms with Gasteiger partial charge in [0, 0.05) is 11.5 Å². The fraction of sp³-hybridized carbons (Fsp3) is 0.500. The lowest BCUT2D eigenvalue weighted by molar-refractivity contribution is 0.0764. The Labute approximate surface area is 106 Å². The minimum Gasteiger partial charge on any atom is -0.454 e. The van der Waals surface area contributed by atoms with Crippen LogP contribution in [0.25, 0.3) is 0 Å². The topological polar surface area (TPSA) is 55.8 Å². The molecular formula is C14H16O4. The molecule has 0 saturated heterocycles. The molecule has 1 aliphatic carbocycles. The predicted molar refractivity (Wildman–Crippen MR) is 64.9 cm³/mol. The van der Waals surface area contributed by atoms with Crippen LogP contribution in [0.15, 0.2) is 18.2 Å². The summed E-state index contributed by atoms with van der Waals surface area (Å²) < 4.78 is 10.5. The van der Waals surface area contributed by atoms with Crippen molar-refractivity contribution in [2.24, 2.45) is 5.92 Å². The van der Waals surface area contributed by atoms with Gasteiger partial charge in [0.15, 0.2) is 17.3 Å². The molecule has 0 aromatic heterocycles. The summed E-state index contributed by atoms with van der Waals surface area (Å²) >= 11 is 0. The van der Waals surface area contributed by atoms with Crippen LogP contribution in [0.5, 0.6) is 11.5 Å². The van der Waals surface area contributed by atoms with Gasteiger partial charge in [-0.25, -0.2) is 0 Å². The minimum absolute atomic E-state index is 0.0359. The highest BCUT2D eigenvalue weighted by atomic mass is 16.7. The van der Waals surface area contributed by atoms with E-state index in [0.717, 1.165) is 25.7 Å². The summed E-state index contributed by atoms with van der Waals surface area (Å²) in [6, 6.07) is 5.34. The van der Waals surface area contributed by atoms with Crippen LogP contribution in [0.3, 0.4) is 0 Å². The van der Waals surface area contributed by atoms with Gasteiger partial charge in [0.25, 0.3) is 0 Å². The maximum absolute atomic E-state index is 12.3. The van der Waals surface area contributed by atoms with Crippen LogP contribution in [0.1, 0.15) is 36.0 Å². The molecule has 1 aromatic rings. The Bertz CT molecular complexity index is 461. The number of fused-ring (bicyclic) bond motifs is 1. The van der Waals surface area contributed by atoms with Crippen molar-refractivity contribution in [3.63, 3.8) is 0 Å². The lowest BCUT2D eigenvalue weighted by Crippen LogP contribution is -2.24. The Hall–Kier alpha value is -1.55. The first-order valence-corrected chi connectivity index (χ1v) is 6.36. The van der Waals surface area contributed by atoms with E-state index >= 15 is 0 Å². The number of carbonyl (C=O) groups excluding carboxylic acids is 1. The van der Waals surface area contributed by atoms with E-state index in [1.807, 2.05) is 0 Å². The maximum atomic E-state index is 12.3. The van der Waals surface area contributed by atoms with E-state index in [2.05, 4.69) is 0 Å². The third kappa shape index (κ3) is 2.08. The number of aliphatic hydroxyl groups is 1. The van der Waals surface area contributed by atoms with Gasteiger partial charge in [-0.3, -0.25) is 4.79 Å². The van der Waals surface area contributed by atoms with Crippen molar-refractivity contribution in [3.8, 4) is 11.5 Å². The van der Waals surface area contributed by atoms with Gasteiger partial charge >= 0.3 is 0 Å². The van der Waals surface area contributed by atoms with Crippen LogP contribution < -0.4 is 9.47 Å². The van der Waals surface area contributed by atoms with Gasteiger partial charge in [-0.15, -0.1) is 0 Å². The highest BCUT2D eigenvalue weighted by Gasteiger charge is 2.27. The summed E-state index contributed by atoms with van der Waals surface area (Å²) in [6.45, 7) is 0.225. The van der Waals surface area contributed by atoms with Crippen LogP contribution >= 0.6 is 0 Å². The average molecular weight is 248 g/mol. The molecule has 0 spiro atoms. The number of carbonyl (C=O) groups is 1. The highest BCUT2D eigenvalue weighted by molar-refractivity contribution is 5.98. The molecule has 1 aromatic carbocycles. The Morgan fingerprint density at radius 1 is 1.11 bits per heavy atom. The van der Waals surface area contributed by atoms with E-state index in [0.29, 0.717) is 17.1 Å². The Morgan fingerprint density at radius 2 is 1.83 bits per heavy atom. The van der Waals surface area contributed by atoms with Crippen LogP contribution in [0.4, 0.5) is 0 Å². The van der Waals surface area contributed by atoms with E-state index in [1.165, 1.54) is 0 Å². The highest BCUT2D eigenvalue weighted by Crippen LogP contribution is 2.34. The molecule has 1 heterocycles. The lowest BCUT2D eigenvalue weighted by Gasteiger charge is -2.24. The third-order valence-electron chi connectivity index (χ3n) is 3.72. The normalized spacial score (nSPS) is 26.1. The van der Waals surface area contributed by atoms with Gasteiger partial charge in [0.2, 0.25) is 6.79 Å². The quantitative estimate of drug-likeness (QED) is 0.815. The number of hydrogen-bond donors (Lipinski definition) is 1. The number of aliphatic hydroxyl groups excluding tert-OH is 1. The first kappa shape index (κ1) is 11.5. The number of ether oxygens (including phenoxy) is 2. The van der Waals surface area contributed by atoms with E-state index in [9.17, 15) is 9.90 Å². The van der Waals surface area contributed by atoms with E-state index < -0.39 is 0 Å². The zero-order valence-electron chi connectivity index (χ0n) is 10.1. The van der Waals surface area contributed by atoms with Crippen molar-refractivity contribution in [1.29, 1.82) is 0 Å². The van der Waals surface area contributed by atoms with Gasteiger partial charge in [-0.2, -0.15) is 0 Å². The Morgan fingerprint density at radius 3 is 2.61 bits per heavy atom. The molecule has 1 fully saturated rings. The zero-order chi connectivity index (χ0) is 12.5. The SMILES string of the molecule is O=C(c1ccc2c(c1)OCO2)C1CCC(O)CC1. The molecule has 4 nitrogen and oxygen atoms in total. The number of rotatable bonds is 2. The molecule has 1 saturated carbocycles. The molecule has 2 aliphatic rings. The lowest BCUT2D eigenvalue weighted by atomic mass is 9.82. The Kier molecular flexibility index (Phi) is 2.96. The molecule has 0 unspecified atom stereocenters. The second kappa shape index (κ2) is 4.61. The first-order chi connectivity index (χ1) is 8.74. The average Bonchev–Trinajstić information content (AvgIpc) is 2.86. The van der Waals surface area contributed by atoms with Gasteiger partial charge in [0.05, 0.1) is 6.10 Å². The number of ketones is 1. The fourth-order valence-corrected chi connectivity index (χ4v) is 2.62. The summed E-state index contributed by atoms with van der Waals surface area (Å²) in [5, 5.41) is 9.46. The van der Waals surface area contributed by atoms with Crippen molar-refractivity contribution >= 4 is 5.78 Å². The molecule has 0 atom stereocenters. The number of hydrogen-bond acceptors (Lipinski definition) is 4. The summed E-state index contributed by atoms with van der Waals surface area (Å²) in [5.74, 6) is 1.54. The number of Topliss-reactive ketones (excluding diaryl/α,β-unsaturated/α-hetero) is 1. The molecule has 1 N–H and O–H groups in total. The molecule has 4 heteroatoms. The molecule has 0 bridgehead atoms. The van der Waals surface area contributed by atoms with Crippen LogP contribution in [-0.4, -0.2) is 23.8 Å². The maximum Gasteiger partial charge on any atom is 0.231 e. The zero-order valence-corrected chi connectivity index (χ0v) is 10.1. The molecular weight excluding hydrogens is 232 g/mol. The van der Waals surface area contributed by atoms with E-state index in [1.54, 1.807) is 18.2 Å². The first-order valence-electron chi connectivity index (χ1n) is 6.36. The molecule has 0 amide bonds. The third-order valence-corrected chi connectivity index (χ3v) is 3.72. The smallest absolute Gasteiger partial charge is 0.231 e. The summed E-state index contributed by atoms with van der Waals surface area (Å²) in [4.78, 5) is 12.3. The van der Waals surface area contributed by atoms with E-state index in [-0.39, 0.29) is 24.6 Å². The van der Waals surface area contributed by atoms with Crippen LogP contribution in [0.2, 0.25) is 0 Å². The summed E-state index contributed by atoms with van der Waals surface area (Å²) in [6.07, 6.45) is 2.76. The van der Waals surface area contributed by atoms with Crippen LogP contribution in [-0.2, 0) is 0 Å². The monoisotopic (exact) mass is 248 g/mol. The van der Waals surface area contributed by atoms with Gasteiger partial charge in [-0.1, -0.05) is 0 Å². The summed E-state index contributed by atoms with van der Waals surface area (Å²) in [7, 11) is 0. The van der Waals surface area contributed by atoms with Crippen molar-refractivity contribution in [1.82, 2.24) is 0 Å². The molecule has 3 rings (SSSR count). The predicted octanol–water partition coefficient (Wildman–Crippen LogP) is 2.15. The molecule has 18 heavy (non-hydrogen) atoms. The van der Waals surface area contributed by atoms with Gasteiger partial charge in [-0.05, 0) is 43.9 Å². The van der Waals surface area contributed by atoms with Gasteiger partial charge < -0.3 is 14.6 Å². The number of benzene rings is 1. The fourth-order valence-electron chi connectivity index (χ4n) is 2.62. The Balaban J connectivity index is 1.76. The standard InChI is InChI=1S/C14H16O4/c15-11-4-1-9(2-5-11)14(16)10-3-6-12-13(7-10)18-8-17-12/h3,6-7,9,11,15H,1-2,4-5,8H2. The van der Waals surface area contributed by atoms with Crippen molar-refractivity contribution < 1.29 is 19.4 Å². The van der Waals surface area contributed by atoms with Gasteiger partial charge in [0.1, 0.15) is 0 Å². The second-order valence-electron chi connectivity index (χ2n) is 4.94. The van der Waals surface area contributed by atoms with Crippen molar-refractivity contribution in [3.05, 3.63) is 23.8 Å². The van der Waals surface area contributed by atoms with E-state index in [4.69, 9.17) is 9.47 Å². The molecule has 0 radical (unpaired) electrons. The minimum atomic E-state index is -0.231. The summed E-state index contributed by atoms with van der Waals surface area (Å²) in [5.41, 5.74) is 0.681. The van der Waals surface area contributed by atoms with Crippen LogP contribution in [0, 0.1) is 5.92 Å². The molecule has 96 valence electrons.